The summed E-state index contributed by atoms with van der Waals surface area (Å²) in [5.41, 5.74) is 2.01. The largest absolute Gasteiger partial charge is 0.444 e. The number of rotatable bonds is 7. The quantitative estimate of drug-likeness (QED) is 0.553. The Labute approximate surface area is 206 Å². The molecule has 1 unspecified atom stereocenters. The molecule has 3 rings (SSSR count). The molecule has 0 radical (unpaired) electrons. The Morgan fingerprint density at radius 1 is 1.18 bits per heavy atom. The lowest BCUT2D eigenvalue weighted by atomic mass is 10.1. The van der Waals surface area contributed by atoms with Gasteiger partial charge in [-0.25, -0.2) is 4.79 Å². The average Bonchev–Trinajstić information content (AvgIpc) is 3.31. The zero-order valence-corrected chi connectivity index (χ0v) is 21.1. The van der Waals surface area contributed by atoms with Gasteiger partial charge in [-0.05, 0) is 70.4 Å². The SMILES string of the molecule is CC(CO)N(Cc1ccccc1NC(=O)c1ccc(N2CCCC2)cc1Cl)C(=O)OC(C)(C)C. The van der Waals surface area contributed by atoms with E-state index in [1.807, 2.05) is 30.3 Å². The van der Waals surface area contributed by atoms with E-state index in [9.17, 15) is 14.7 Å². The fraction of sp³-hybridized carbons (Fsp3) is 0.462. The Kier molecular flexibility index (Phi) is 8.44. The van der Waals surface area contributed by atoms with E-state index in [4.69, 9.17) is 16.3 Å². The van der Waals surface area contributed by atoms with Crippen LogP contribution in [-0.4, -0.2) is 53.3 Å². The number of ether oxygens (including phenoxy) is 1. The lowest BCUT2D eigenvalue weighted by molar-refractivity contribution is 0.00943. The second kappa shape index (κ2) is 11.1. The number of nitrogens with one attached hydrogen (secondary N) is 1. The van der Waals surface area contributed by atoms with Crippen LogP contribution in [0.4, 0.5) is 16.2 Å². The normalized spacial score (nSPS) is 14.6. The molecule has 2 aromatic carbocycles. The van der Waals surface area contributed by atoms with Gasteiger partial charge in [-0.1, -0.05) is 29.8 Å². The molecule has 0 saturated carbocycles. The summed E-state index contributed by atoms with van der Waals surface area (Å²) in [7, 11) is 0. The lowest BCUT2D eigenvalue weighted by Gasteiger charge is -2.31. The highest BCUT2D eigenvalue weighted by Gasteiger charge is 2.27. The minimum atomic E-state index is -0.670. The minimum Gasteiger partial charge on any atom is -0.444 e. The average molecular weight is 488 g/mol. The Hall–Kier alpha value is -2.77. The minimum absolute atomic E-state index is 0.161. The van der Waals surface area contributed by atoms with Gasteiger partial charge >= 0.3 is 6.09 Å². The molecule has 7 nitrogen and oxygen atoms in total. The summed E-state index contributed by atoms with van der Waals surface area (Å²) < 4.78 is 5.52. The first-order valence-corrected chi connectivity index (χ1v) is 12.0. The van der Waals surface area contributed by atoms with Gasteiger partial charge in [-0.2, -0.15) is 0 Å². The molecule has 34 heavy (non-hydrogen) atoms. The summed E-state index contributed by atoms with van der Waals surface area (Å²) >= 11 is 6.47. The summed E-state index contributed by atoms with van der Waals surface area (Å²) in [6.07, 6.45) is 1.79. The van der Waals surface area contributed by atoms with E-state index in [0.717, 1.165) is 31.6 Å². The lowest BCUT2D eigenvalue weighted by Crippen LogP contribution is -2.43. The number of anilines is 2. The summed E-state index contributed by atoms with van der Waals surface area (Å²) in [4.78, 5) is 29.6. The Bertz CT molecular complexity index is 1020. The van der Waals surface area contributed by atoms with Crippen molar-refractivity contribution in [1.82, 2.24) is 4.90 Å². The van der Waals surface area contributed by atoms with Crippen LogP contribution >= 0.6 is 11.6 Å². The predicted octanol–water partition coefficient (Wildman–Crippen LogP) is 5.31. The van der Waals surface area contributed by atoms with Gasteiger partial charge < -0.3 is 20.1 Å². The molecule has 184 valence electrons. The van der Waals surface area contributed by atoms with Gasteiger partial charge in [0.15, 0.2) is 0 Å². The number of carbonyl (C=O) groups excluding carboxylic acids is 2. The Morgan fingerprint density at radius 3 is 2.47 bits per heavy atom. The predicted molar refractivity (Wildman–Crippen MR) is 136 cm³/mol. The third-order valence-electron chi connectivity index (χ3n) is 5.70. The van der Waals surface area contributed by atoms with E-state index >= 15 is 0 Å². The second-order valence-electron chi connectivity index (χ2n) is 9.61. The molecular weight excluding hydrogens is 454 g/mol. The van der Waals surface area contributed by atoms with Crippen molar-refractivity contribution in [3.63, 3.8) is 0 Å². The summed E-state index contributed by atoms with van der Waals surface area (Å²) in [5, 5.41) is 13.0. The van der Waals surface area contributed by atoms with E-state index in [1.54, 1.807) is 39.8 Å². The van der Waals surface area contributed by atoms with Crippen LogP contribution in [0, 0.1) is 0 Å². The Balaban J connectivity index is 1.79. The number of carbonyl (C=O) groups is 2. The molecule has 0 aromatic heterocycles. The third kappa shape index (κ3) is 6.64. The highest BCUT2D eigenvalue weighted by molar-refractivity contribution is 6.34. The number of aliphatic hydroxyl groups excluding tert-OH is 1. The number of nitrogens with zero attached hydrogens (tertiary/aromatic N) is 2. The first-order valence-electron chi connectivity index (χ1n) is 11.6. The van der Waals surface area contributed by atoms with Crippen LogP contribution < -0.4 is 10.2 Å². The molecule has 1 heterocycles. The maximum absolute atomic E-state index is 13.1. The van der Waals surface area contributed by atoms with E-state index in [-0.39, 0.29) is 19.1 Å². The van der Waals surface area contributed by atoms with E-state index in [2.05, 4.69) is 10.2 Å². The van der Waals surface area contributed by atoms with Crippen molar-refractivity contribution in [3.8, 4) is 0 Å². The third-order valence-corrected chi connectivity index (χ3v) is 6.01. The molecule has 0 bridgehead atoms. The van der Waals surface area contributed by atoms with Gasteiger partial charge in [0.05, 0.1) is 29.8 Å². The number of halogens is 1. The molecule has 0 aliphatic carbocycles. The summed E-state index contributed by atoms with van der Waals surface area (Å²) in [6, 6.07) is 12.3. The van der Waals surface area contributed by atoms with Crippen LogP contribution in [-0.2, 0) is 11.3 Å². The number of hydrogen-bond donors (Lipinski definition) is 2. The number of para-hydroxylation sites is 1. The van der Waals surface area contributed by atoms with Crippen molar-refractivity contribution >= 4 is 35.0 Å². The van der Waals surface area contributed by atoms with Crippen LogP contribution in [0.5, 0.6) is 0 Å². The molecular formula is C26H34ClN3O4. The van der Waals surface area contributed by atoms with Gasteiger partial charge in [0.2, 0.25) is 0 Å². The number of benzene rings is 2. The van der Waals surface area contributed by atoms with Crippen molar-refractivity contribution in [1.29, 1.82) is 0 Å². The molecule has 1 atom stereocenters. The molecule has 2 N–H and O–H groups in total. The zero-order valence-electron chi connectivity index (χ0n) is 20.3. The molecule has 2 amide bonds. The van der Waals surface area contributed by atoms with Crippen molar-refractivity contribution in [3.05, 3.63) is 58.6 Å². The molecule has 1 fully saturated rings. The van der Waals surface area contributed by atoms with Crippen LogP contribution in [0.3, 0.4) is 0 Å². The summed E-state index contributed by atoms with van der Waals surface area (Å²) in [6.45, 7) is 9.05. The molecule has 1 aliphatic rings. The van der Waals surface area contributed by atoms with Crippen LogP contribution in [0.1, 0.15) is 56.5 Å². The highest BCUT2D eigenvalue weighted by atomic mass is 35.5. The van der Waals surface area contributed by atoms with Crippen LogP contribution in [0.15, 0.2) is 42.5 Å². The van der Waals surface area contributed by atoms with Crippen LogP contribution in [0.2, 0.25) is 5.02 Å². The second-order valence-corrected chi connectivity index (χ2v) is 10.0. The first-order chi connectivity index (χ1) is 16.1. The monoisotopic (exact) mass is 487 g/mol. The topological polar surface area (TPSA) is 82.1 Å². The molecule has 0 spiro atoms. The van der Waals surface area contributed by atoms with Gasteiger partial charge in [0.1, 0.15) is 5.60 Å². The standard InChI is InChI=1S/C26H34ClN3O4/c1-18(17-31)30(25(33)34-26(2,3)4)16-19-9-5-6-10-23(19)28-24(32)21-12-11-20(15-22(21)27)29-13-7-8-14-29/h5-6,9-12,15,18,31H,7-8,13-14,16-17H2,1-4H3,(H,28,32). The van der Waals surface area contributed by atoms with E-state index in [1.165, 1.54) is 4.90 Å². The van der Waals surface area contributed by atoms with Crippen molar-refractivity contribution in [2.75, 3.05) is 29.9 Å². The number of hydrogen-bond acceptors (Lipinski definition) is 5. The number of amides is 2. The smallest absolute Gasteiger partial charge is 0.410 e. The fourth-order valence-electron chi connectivity index (χ4n) is 3.83. The molecule has 8 heteroatoms. The van der Waals surface area contributed by atoms with E-state index < -0.39 is 17.7 Å². The van der Waals surface area contributed by atoms with Crippen molar-refractivity contribution in [2.24, 2.45) is 0 Å². The van der Waals surface area contributed by atoms with Crippen LogP contribution in [0.25, 0.3) is 0 Å². The van der Waals surface area contributed by atoms with E-state index in [0.29, 0.717) is 21.8 Å². The molecule has 2 aromatic rings. The van der Waals surface area contributed by atoms with Gasteiger partial charge in [-0.3, -0.25) is 9.69 Å². The first kappa shape index (κ1) is 25.8. The Morgan fingerprint density at radius 2 is 1.85 bits per heavy atom. The van der Waals surface area contributed by atoms with Crippen molar-refractivity contribution < 1.29 is 19.4 Å². The highest BCUT2D eigenvalue weighted by Crippen LogP contribution is 2.28. The van der Waals surface area contributed by atoms with Gasteiger partial charge in [0.25, 0.3) is 5.91 Å². The maximum atomic E-state index is 13.1. The fourth-order valence-corrected chi connectivity index (χ4v) is 4.09. The number of aliphatic hydroxyl groups is 1. The van der Waals surface area contributed by atoms with Gasteiger partial charge in [0, 0.05) is 24.5 Å². The zero-order chi connectivity index (χ0) is 24.9. The maximum Gasteiger partial charge on any atom is 0.410 e. The van der Waals surface area contributed by atoms with Crippen molar-refractivity contribution in [2.45, 2.75) is 58.7 Å². The van der Waals surface area contributed by atoms with Gasteiger partial charge in [-0.15, -0.1) is 0 Å². The molecule has 1 saturated heterocycles. The molecule has 1 aliphatic heterocycles. The summed E-state index contributed by atoms with van der Waals surface area (Å²) in [5.74, 6) is -0.329.